The number of piperidine rings is 1. The van der Waals surface area contributed by atoms with E-state index in [0.29, 0.717) is 12.1 Å². The van der Waals surface area contributed by atoms with Gasteiger partial charge in [0, 0.05) is 23.1 Å². The molecule has 1 aliphatic rings. The number of hydrogen-bond acceptors (Lipinski definition) is 2. The molecule has 0 radical (unpaired) electrons. The third-order valence-corrected chi connectivity index (χ3v) is 5.26. The van der Waals surface area contributed by atoms with Gasteiger partial charge in [0.2, 0.25) is 0 Å². The number of nitrogens with two attached hydrogens (primary N) is 1. The normalized spacial score (nSPS) is 25.6. The summed E-state index contributed by atoms with van der Waals surface area (Å²) in [5.41, 5.74) is 7.42. The molecule has 2 nitrogen and oxygen atoms in total. The molecule has 2 N–H and O–H groups in total. The van der Waals surface area contributed by atoms with Gasteiger partial charge in [-0.15, -0.1) is 0 Å². The van der Waals surface area contributed by atoms with Gasteiger partial charge in [0.1, 0.15) is 0 Å². The predicted octanol–water partition coefficient (Wildman–Crippen LogP) is 3.83. The molecule has 1 saturated heterocycles. The molecule has 0 aromatic heterocycles. The first-order valence-electron chi connectivity index (χ1n) is 7.84. The van der Waals surface area contributed by atoms with Crippen LogP contribution < -0.4 is 5.73 Å². The lowest BCUT2D eigenvalue weighted by molar-refractivity contribution is 0.0775. The van der Waals surface area contributed by atoms with Gasteiger partial charge >= 0.3 is 0 Å². The van der Waals surface area contributed by atoms with E-state index in [9.17, 15) is 0 Å². The van der Waals surface area contributed by atoms with Gasteiger partial charge in [-0.25, -0.2) is 0 Å². The lowest BCUT2D eigenvalue weighted by atomic mass is 9.87. The van der Waals surface area contributed by atoms with Gasteiger partial charge in [-0.2, -0.15) is 0 Å². The Bertz CT molecular complexity index is 404. The maximum absolute atomic E-state index is 6.01. The zero-order valence-electron chi connectivity index (χ0n) is 12.7. The Morgan fingerprint density at radius 3 is 2.65 bits per heavy atom. The Morgan fingerprint density at radius 1 is 1.35 bits per heavy atom. The summed E-state index contributed by atoms with van der Waals surface area (Å²) in [6, 6.07) is 9.84. The molecule has 3 unspecified atom stereocenters. The predicted molar refractivity (Wildman–Crippen MR) is 89.9 cm³/mol. The summed E-state index contributed by atoms with van der Waals surface area (Å²) in [5, 5.41) is 0. The Balaban J connectivity index is 1.97. The minimum atomic E-state index is 0.569. The summed E-state index contributed by atoms with van der Waals surface area (Å²) in [4.78, 5) is 2.63. The fraction of sp³-hybridized carbons (Fsp3) is 0.647. The highest BCUT2D eigenvalue weighted by Gasteiger charge is 2.29. The van der Waals surface area contributed by atoms with E-state index in [1.54, 1.807) is 0 Å². The largest absolute Gasteiger partial charge is 0.329 e. The smallest absolute Gasteiger partial charge is 0.0224 e. The van der Waals surface area contributed by atoms with E-state index in [0.717, 1.165) is 23.4 Å². The van der Waals surface area contributed by atoms with Crippen LogP contribution in [0.5, 0.6) is 0 Å². The van der Waals surface area contributed by atoms with Crippen LogP contribution in [0.1, 0.15) is 38.7 Å². The van der Waals surface area contributed by atoms with Gasteiger partial charge in [-0.3, -0.25) is 4.90 Å². The van der Waals surface area contributed by atoms with Crippen molar-refractivity contribution in [2.24, 2.45) is 11.7 Å². The van der Waals surface area contributed by atoms with Gasteiger partial charge in [-0.05, 0) is 56.3 Å². The van der Waals surface area contributed by atoms with Crippen LogP contribution in [0.25, 0.3) is 0 Å². The van der Waals surface area contributed by atoms with E-state index in [4.69, 9.17) is 5.73 Å². The maximum atomic E-state index is 6.01. The summed E-state index contributed by atoms with van der Waals surface area (Å²) in [6.45, 7) is 6.65. The number of rotatable bonds is 5. The molecule has 0 aliphatic carbocycles. The lowest BCUT2D eigenvalue weighted by Crippen LogP contribution is -2.51. The van der Waals surface area contributed by atoms with E-state index >= 15 is 0 Å². The van der Waals surface area contributed by atoms with Gasteiger partial charge in [0.15, 0.2) is 0 Å². The van der Waals surface area contributed by atoms with Crippen LogP contribution in [0.3, 0.4) is 0 Å². The Labute approximate surface area is 131 Å². The minimum Gasteiger partial charge on any atom is -0.329 e. The van der Waals surface area contributed by atoms with E-state index in [-0.39, 0.29) is 0 Å². The number of nitrogens with zero attached hydrogens (tertiary/aromatic N) is 1. The second-order valence-corrected chi connectivity index (χ2v) is 7.02. The van der Waals surface area contributed by atoms with Crippen molar-refractivity contribution in [3.05, 3.63) is 34.3 Å². The van der Waals surface area contributed by atoms with Gasteiger partial charge in [-0.1, -0.05) is 41.4 Å². The van der Waals surface area contributed by atoms with Gasteiger partial charge in [0.05, 0.1) is 0 Å². The molecule has 20 heavy (non-hydrogen) atoms. The lowest BCUT2D eigenvalue weighted by Gasteiger charge is -2.42. The molecule has 1 aliphatic heterocycles. The van der Waals surface area contributed by atoms with Crippen molar-refractivity contribution in [1.29, 1.82) is 0 Å². The Kier molecular flexibility index (Phi) is 6.06. The number of halogens is 1. The molecule has 0 bridgehead atoms. The van der Waals surface area contributed by atoms with E-state index in [1.165, 1.54) is 31.4 Å². The molecule has 112 valence electrons. The van der Waals surface area contributed by atoms with Crippen molar-refractivity contribution in [3.63, 3.8) is 0 Å². The standard InChI is InChI=1S/C17H27BrN2/c1-3-14-8-9-20(17(11-14)12-19)13(2)10-15-4-6-16(18)7-5-15/h4-7,13-14,17H,3,8-12,19H2,1-2H3. The first-order chi connectivity index (χ1) is 9.63. The van der Waals surface area contributed by atoms with Crippen molar-refractivity contribution >= 4 is 15.9 Å². The molecule has 0 amide bonds. The molecule has 0 spiro atoms. The zero-order valence-corrected chi connectivity index (χ0v) is 14.3. The van der Waals surface area contributed by atoms with Crippen molar-refractivity contribution in [2.45, 2.75) is 51.6 Å². The van der Waals surface area contributed by atoms with Crippen LogP contribution in [0.15, 0.2) is 28.7 Å². The van der Waals surface area contributed by atoms with Crippen molar-refractivity contribution in [2.75, 3.05) is 13.1 Å². The first-order valence-corrected chi connectivity index (χ1v) is 8.63. The summed E-state index contributed by atoms with van der Waals surface area (Å²) >= 11 is 3.50. The first kappa shape index (κ1) is 16.0. The third-order valence-electron chi connectivity index (χ3n) is 4.73. The van der Waals surface area contributed by atoms with E-state index in [2.05, 4.69) is 58.9 Å². The monoisotopic (exact) mass is 338 g/mol. The highest BCUT2D eigenvalue weighted by molar-refractivity contribution is 9.10. The molecular weight excluding hydrogens is 312 g/mol. The molecule has 1 heterocycles. The maximum Gasteiger partial charge on any atom is 0.0224 e. The zero-order chi connectivity index (χ0) is 14.5. The summed E-state index contributed by atoms with van der Waals surface area (Å²) in [7, 11) is 0. The third kappa shape index (κ3) is 4.06. The van der Waals surface area contributed by atoms with Crippen LogP contribution >= 0.6 is 15.9 Å². The Morgan fingerprint density at radius 2 is 2.05 bits per heavy atom. The van der Waals surface area contributed by atoms with Crippen LogP contribution in [-0.2, 0) is 6.42 Å². The molecular formula is C17H27BrN2. The average Bonchev–Trinajstić information content (AvgIpc) is 2.48. The summed E-state index contributed by atoms with van der Waals surface area (Å²) in [5.74, 6) is 0.875. The molecule has 3 atom stereocenters. The highest BCUT2D eigenvalue weighted by atomic mass is 79.9. The number of likely N-dealkylation sites (tertiary alicyclic amines) is 1. The van der Waals surface area contributed by atoms with Crippen molar-refractivity contribution in [3.8, 4) is 0 Å². The van der Waals surface area contributed by atoms with Crippen molar-refractivity contribution < 1.29 is 0 Å². The van der Waals surface area contributed by atoms with Crippen LogP contribution in [0, 0.1) is 5.92 Å². The highest BCUT2D eigenvalue weighted by Crippen LogP contribution is 2.27. The van der Waals surface area contributed by atoms with Crippen LogP contribution in [-0.4, -0.2) is 30.1 Å². The molecule has 1 aromatic carbocycles. The second kappa shape index (κ2) is 7.58. The van der Waals surface area contributed by atoms with E-state index < -0.39 is 0 Å². The summed E-state index contributed by atoms with van der Waals surface area (Å²) in [6.07, 6.45) is 5.02. The van der Waals surface area contributed by atoms with Crippen LogP contribution in [0.2, 0.25) is 0 Å². The topological polar surface area (TPSA) is 29.3 Å². The molecule has 3 heteroatoms. The van der Waals surface area contributed by atoms with E-state index in [1.807, 2.05) is 0 Å². The fourth-order valence-corrected chi connectivity index (χ4v) is 3.68. The second-order valence-electron chi connectivity index (χ2n) is 6.11. The number of benzene rings is 1. The quantitative estimate of drug-likeness (QED) is 0.883. The summed E-state index contributed by atoms with van der Waals surface area (Å²) < 4.78 is 1.15. The van der Waals surface area contributed by atoms with Crippen LogP contribution in [0.4, 0.5) is 0 Å². The molecule has 2 rings (SSSR count). The SMILES string of the molecule is CCC1CCN(C(C)Cc2ccc(Br)cc2)C(CN)C1. The minimum absolute atomic E-state index is 0.569. The van der Waals surface area contributed by atoms with Gasteiger partial charge in [0.25, 0.3) is 0 Å². The van der Waals surface area contributed by atoms with Crippen molar-refractivity contribution in [1.82, 2.24) is 4.90 Å². The average molecular weight is 339 g/mol. The molecule has 1 aromatic rings. The van der Waals surface area contributed by atoms with Gasteiger partial charge < -0.3 is 5.73 Å². The fourth-order valence-electron chi connectivity index (χ4n) is 3.41. The number of hydrogen-bond donors (Lipinski definition) is 1. The molecule has 1 fully saturated rings. The molecule has 0 saturated carbocycles. The Hall–Kier alpha value is -0.380.